The van der Waals surface area contributed by atoms with Crippen LogP contribution in [0.2, 0.25) is 72.5 Å². The van der Waals surface area contributed by atoms with E-state index in [1.54, 1.807) is 91.1 Å². The average Bonchev–Trinajstić information content (AvgIpc) is 1.66. The Kier molecular flexibility index (Phi) is 51.5. The van der Waals surface area contributed by atoms with Gasteiger partial charge < -0.3 is 97.7 Å². The van der Waals surface area contributed by atoms with Gasteiger partial charge in [-0.1, -0.05) is 115 Å². The van der Waals surface area contributed by atoms with Crippen molar-refractivity contribution in [1.82, 2.24) is 44.6 Å². The summed E-state index contributed by atoms with van der Waals surface area (Å²) < 4.78 is 74.1. The van der Waals surface area contributed by atoms with Crippen molar-refractivity contribution in [3.8, 4) is 24.2 Å². The van der Waals surface area contributed by atoms with Crippen molar-refractivity contribution in [1.29, 1.82) is 0 Å². The number of aliphatic carboxylic acids is 2. The predicted molar refractivity (Wildman–Crippen MR) is 523 cm³/mol. The summed E-state index contributed by atoms with van der Waals surface area (Å²) in [6.45, 7) is 64.2. The monoisotopic (exact) mass is 2150 g/mol. The lowest BCUT2D eigenvalue weighted by molar-refractivity contribution is -0.142. The highest BCUT2D eigenvalue weighted by Gasteiger charge is 2.50. The SMILES string of the molecule is C#CCOC(=O)CCNC(=O)OC(C)(C)C.CC.CC(C)(C)OC(=O)NCCC(=O)O.CC(C)(C)OC(=O)NCCC(=O)OCC#Cc1cn(C2CC(O[Si](C)(C)C(C)(C)C)C(CO[Si](C)(C)C(C)(C)C)O2)c(=O)[nH]c1=O.CC(C)(C)[Si](C)(C)OCC1OC(n2cc(I)c(=O)[nH]c2=O)CC1O[Si](C)(C)C(C)(C)C.NCCC(=O)O.O=c1[nH]c(=O)n(C2CC(O)C(CO)O2)cc1I. The van der Waals surface area contributed by atoms with Gasteiger partial charge in [0.25, 0.3) is 16.7 Å². The Morgan fingerprint density at radius 3 is 1.10 bits per heavy atom. The Labute approximate surface area is 801 Å². The number of hydrogen-bond donors (Lipinski definition) is 11. The van der Waals surface area contributed by atoms with E-state index >= 15 is 0 Å². The summed E-state index contributed by atoms with van der Waals surface area (Å²) in [5, 5.41) is 42.0. The van der Waals surface area contributed by atoms with Gasteiger partial charge in [-0.3, -0.25) is 62.2 Å². The van der Waals surface area contributed by atoms with Crippen LogP contribution in [0.3, 0.4) is 0 Å². The Bertz CT molecular complexity index is 4660. The number of carboxylic acids is 2. The van der Waals surface area contributed by atoms with Crippen LogP contribution in [0, 0.1) is 31.3 Å². The molecule has 3 fully saturated rings. The number of aliphatic hydroxyl groups is 2. The van der Waals surface area contributed by atoms with E-state index in [-0.39, 0.29) is 128 Å². The van der Waals surface area contributed by atoms with Gasteiger partial charge in [-0.2, -0.15) is 0 Å². The second-order valence-electron chi connectivity index (χ2n) is 39.5. The number of aromatic amines is 3. The van der Waals surface area contributed by atoms with Crippen molar-refractivity contribution in [2.24, 2.45) is 5.73 Å². The fourth-order valence-electron chi connectivity index (χ4n) is 9.99. The number of amides is 3. The molecule has 0 spiro atoms. The van der Waals surface area contributed by atoms with Crippen LogP contribution in [-0.4, -0.2) is 237 Å². The minimum Gasteiger partial charge on any atom is -0.481 e. The molecule has 3 saturated heterocycles. The van der Waals surface area contributed by atoms with Crippen LogP contribution >= 0.6 is 45.2 Å². The number of esters is 2. The first-order valence-corrected chi connectivity index (χ1v) is 57.0. The number of hydrogen-bond acceptors (Lipinski definition) is 28. The Hall–Kier alpha value is -7.22. The lowest BCUT2D eigenvalue weighted by Crippen LogP contribution is -2.48. The number of aromatic nitrogens is 6. The summed E-state index contributed by atoms with van der Waals surface area (Å²) in [6.07, 6.45) is 3.97. The molecule has 6 rings (SSSR count). The summed E-state index contributed by atoms with van der Waals surface area (Å²) in [5.41, 5.74) is -0.0510. The van der Waals surface area contributed by atoms with Gasteiger partial charge in [0.05, 0.1) is 71.0 Å². The summed E-state index contributed by atoms with van der Waals surface area (Å²) in [7, 11) is -8.32. The second kappa shape index (κ2) is 54.5. The van der Waals surface area contributed by atoms with Crippen LogP contribution < -0.4 is 55.4 Å². The fourth-order valence-corrected chi connectivity index (χ4v) is 15.6. The number of aliphatic hydroxyl groups excluding tert-OH is 2. The summed E-state index contributed by atoms with van der Waals surface area (Å²) >= 11 is 3.73. The molecule has 0 bridgehead atoms. The number of alkyl carbamates (subject to hydrolysis) is 3. The molecule has 3 aliphatic rings. The maximum Gasteiger partial charge on any atom is 0.407 e. The van der Waals surface area contributed by atoms with Crippen molar-refractivity contribution in [3.63, 3.8) is 0 Å². The molecule has 0 radical (unpaired) electrons. The van der Waals surface area contributed by atoms with Crippen molar-refractivity contribution in [2.75, 3.05) is 59.2 Å². The molecule has 6 heterocycles. The normalized spacial score (nSPS) is 18.7. The zero-order chi connectivity index (χ0) is 102. The molecule has 12 N–H and O–H groups in total. The lowest BCUT2D eigenvalue weighted by Gasteiger charge is -2.40. The number of nitrogens with one attached hydrogen (secondary N) is 6. The third-order valence-corrected chi connectivity index (χ3v) is 40.6. The number of rotatable bonds is 27. The van der Waals surface area contributed by atoms with E-state index in [1.165, 1.54) is 26.1 Å². The summed E-state index contributed by atoms with van der Waals surface area (Å²) in [5.74, 6) is 4.68. The number of carbonyl (C=O) groups excluding carboxylic acids is 5. The molecule has 748 valence electrons. The summed E-state index contributed by atoms with van der Waals surface area (Å²) in [6, 6.07) is 0. The van der Waals surface area contributed by atoms with E-state index in [0.29, 0.717) is 33.2 Å². The second-order valence-corrected chi connectivity index (χ2v) is 61.0. The first-order valence-electron chi connectivity index (χ1n) is 43.2. The molecule has 3 amide bonds. The topological polar surface area (TPSA) is 538 Å². The zero-order valence-electron chi connectivity index (χ0n) is 82.5. The standard InChI is InChI=1S/C32H55N3O9Si2.C21H39IN2O5Si2.C11H17NO4.C9H11IN2O5.C8H15NO4.C3H7NO2.C2H6/c1-30(2,3)43-29(39)33-17-16-26(36)40-18-14-15-22-20-35(28(38)34-27(22)37)25-19-23(44-46(12,13)32(7,8)9)24(42-25)21-41-45(10,11)31(4,5)6;1-20(2,3)30(7,8)27-13-16-15(29-31(9,10)21(4,5)6)11-17(28-16)24-12-14(22)18(25)23-19(24)26;1-5-8-15-9(13)6-7-12-10(14)16-11(2,3)4;10-4-2-12(9(16)11-8(4)15)7-1-5(14)6(3-13)17-7;1-8(2,3)13-7(12)9-5-4-6(10)11;4-2-1-3(5)6;1-2/h20,23-25H,16-19,21H2,1-13H3,(H,33,39)(H,34,37,38);12,15-17H,11,13H2,1-10H3,(H,23,25,26);1H,6-8H2,2-4H3,(H,12,14);2,5-7,13-14H,1,3H2,(H,11,15,16);4-5H2,1-3H3,(H,9,12)(H,10,11);1-2,4H2,(H,5,6);1-2H3. The van der Waals surface area contributed by atoms with Gasteiger partial charge in [-0.05, 0) is 180 Å². The van der Waals surface area contributed by atoms with Crippen molar-refractivity contribution in [3.05, 3.63) is 93.8 Å². The Morgan fingerprint density at radius 2 is 0.802 bits per heavy atom. The van der Waals surface area contributed by atoms with Crippen LogP contribution in [0.4, 0.5) is 14.4 Å². The number of terminal acetylenes is 1. The van der Waals surface area contributed by atoms with Gasteiger partial charge in [0.2, 0.25) is 0 Å². The first-order chi connectivity index (χ1) is 59.6. The van der Waals surface area contributed by atoms with Gasteiger partial charge in [0.1, 0.15) is 59.4 Å². The fraction of sp³-hybridized carbons (Fsp3) is 0.733. The number of nitrogens with two attached hydrogens (primary N) is 1. The first kappa shape index (κ1) is 124. The van der Waals surface area contributed by atoms with Crippen LogP contribution in [0.1, 0.15) is 228 Å². The highest BCUT2D eigenvalue weighted by Crippen LogP contribution is 2.45. The Balaban J connectivity index is 0.00000170. The molecule has 3 aromatic rings. The molecule has 0 saturated carbocycles. The number of carboxylic acid groups (broad SMARTS) is 2. The van der Waals surface area contributed by atoms with Crippen LogP contribution in [-0.2, 0) is 74.8 Å². The highest BCUT2D eigenvalue weighted by atomic mass is 127. The van der Waals surface area contributed by atoms with E-state index in [2.05, 4.69) is 189 Å². The van der Waals surface area contributed by atoms with Crippen molar-refractivity contribution >= 4 is 121 Å². The maximum atomic E-state index is 12.9. The molecule has 3 aliphatic heterocycles. The van der Waals surface area contributed by atoms with Gasteiger partial charge >= 0.3 is 59.2 Å². The van der Waals surface area contributed by atoms with Crippen LogP contribution in [0.5, 0.6) is 0 Å². The highest BCUT2D eigenvalue weighted by molar-refractivity contribution is 14.1. The number of ether oxygens (including phenoxy) is 8. The zero-order valence-corrected chi connectivity index (χ0v) is 90.8. The van der Waals surface area contributed by atoms with Crippen molar-refractivity contribution < 1.29 is 110 Å². The third-order valence-electron chi connectivity index (χ3n) is 21.0. The van der Waals surface area contributed by atoms with Gasteiger partial charge in [0.15, 0.2) is 46.5 Å². The molecule has 39 nitrogen and oxygen atoms in total. The van der Waals surface area contributed by atoms with Crippen LogP contribution in [0.15, 0.2) is 47.4 Å². The molecule has 3 aromatic heterocycles. The average molecular weight is 2150 g/mol. The lowest BCUT2D eigenvalue weighted by atomic mass is 10.2. The van der Waals surface area contributed by atoms with E-state index in [4.69, 9.17) is 78.3 Å². The molecule has 9 unspecified atom stereocenters. The Morgan fingerprint density at radius 1 is 0.489 bits per heavy atom. The number of halogens is 2. The molecular weight excluding hydrogens is 2000 g/mol. The summed E-state index contributed by atoms with van der Waals surface area (Å²) in [4.78, 5) is 156. The minimum atomic E-state index is -2.20. The van der Waals surface area contributed by atoms with Gasteiger partial charge in [0, 0.05) is 64.0 Å². The minimum absolute atomic E-state index is 0.00944. The number of nitrogens with zero attached hydrogens (tertiary/aromatic N) is 3. The molecule has 0 aliphatic carbocycles. The molecule has 0 aromatic carbocycles. The van der Waals surface area contributed by atoms with E-state index < -0.39 is 157 Å². The molecular formula is C86H150I2N10O29Si4. The van der Waals surface area contributed by atoms with Crippen molar-refractivity contribution in [2.45, 2.75) is 349 Å². The quantitative estimate of drug-likeness (QED) is 0.0111. The van der Waals surface area contributed by atoms with Crippen LogP contribution in [0.25, 0.3) is 0 Å². The van der Waals surface area contributed by atoms with Gasteiger partial charge in [-0.25, -0.2) is 28.8 Å². The van der Waals surface area contributed by atoms with E-state index in [0.717, 1.165) is 0 Å². The molecule has 131 heavy (non-hydrogen) atoms. The van der Waals surface area contributed by atoms with E-state index in [9.17, 15) is 67.4 Å². The third kappa shape index (κ3) is 46.7. The molecule has 9 atom stereocenters. The van der Waals surface area contributed by atoms with E-state index in [1.807, 2.05) is 36.4 Å². The largest absolute Gasteiger partial charge is 0.481 e. The predicted octanol–water partition coefficient (Wildman–Crippen LogP) is 11.2. The number of H-pyrrole nitrogens is 3. The van der Waals surface area contributed by atoms with Gasteiger partial charge in [-0.15, -0.1) is 6.42 Å². The molecule has 45 heteroatoms. The smallest absolute Gasteiger partial charge is 0.407 e. The number of carbonyl (C=O) groups is 7. The maximum absolute atomic E-state index is 12.9.